The predicted molar refractivity (Wildman–Crippen MR) is 117 cm³/mol. The van der Waals surface area contributed by atoms with Crippen LogP contribution < -0.4 is 16.0 Å². The third-order valence-electron chi connectivity index (χ3n) is 5.57. The van der Waals surface area contributed by atoms with E-state index in [4.69, 9.17) is 5.73 Å². The van der Waals surface area contributed by atoms with E-state index in [1.807, 2.05) is 47.3 Å². The second kappa shape index (κ2) is 7.64. The molecular weight excluding hydrogens is 378 g/mol. The number of rotatable bonds is 5. The van der Waals surface area contributed by atoms with Crippen molar-refractivity contribution in [3.63, 3.8) is 0 Å². The van der Waals surface area contributed by atoms with Crippen LogP contribution in [0, 0.1) is 0 Å². The molecule has 0 radical (unpaired) electrons. The predicted octanol–water partition coefficient (Wildman–Crippen LogP) is 2.57. The maximum atomic E-state index is 9.72. The van der Waals surface area contributed by atoms with Crippen molar-refractivity contribution in [2.75, 3.05) is 29.1 Å². The molecule has 152 valence electrons. The highest BCUT2D eigenvalue weighted by molar-refractivity contribution is 5.99. The first-order valence-electron chi connectivity index (χ1n) is 9.92. The molecule has 5 rings (SSSR count). The van der Waals surface area contributed by atoms with Crippen molar-refractivity contribution in [3.05, 3.63) is 72.6 Å². The summed E-state index contributed by atoms with van der Waals surface area (Å²) in [5.74, 6) is 2.36. The molecule has 1 aromatic carbocycles. The van der Waals surface area contributed by atoms with Crippen molar-refractivity contribution in [2.24, 2.45) is 0 Å². The van der Waals surface area contributed by atoms with Crippen molar-refractivity contribution in [1.82, 2.24) is 19.5 Å². The average molecular weight is 401 g/mol. The highest BCUT2D eigenvalue weighted by Gasteiger charge is 2.25. The van der Waals surface area contributed by atoms with Gasteiger partial charge in [-0.05, 0) is 23.8 Å². The van der Waals surface area contributed by atoms with Crippen LogP contribution in [0.5, 0.6) is 0 Å². The van der Waals surface area contributed by atoms with Crippen LogP contribution in [0.2, 0.25) is 0 Å². The molecule has 0 fully saturated rings. The van der Waals surface area contributed by atoms with Gasteiger partial charge in [0.1, 0.15) is 17.5 Å². The van der Waals surface area contributed by atoms with Gasteiger partial charge >= 0.3 is 0 Å². The average Bonchev–Trinajstić information content (AvgIpc) is 3.26. The number of nitrogens with two attached hydrogens (primary N) is 1. The fourth-order valence-electron chi connectivity index (χ4n) is 3.99. The van der Waals surface area contributed by atoms with Crippen molar-refractivity contribution in [3.8, 4) is 0 Å². The lowest BCUT2D eigenvalue weighted by molar-refractivity contribution is 0.218. The summed E-state index contributed by atoms with van der Waals surface area (Å²) in [5.41, 5.74) is 8.08. The zero-order valence-electron chi connectivity index (χ0n) is 16.4. The first-order chi connectivity index (χ1) is 14.7. The Balaban J connectivity index is 1.30. The molecule has 1 aliphatic rings. The maximum Gasteiger partial charge on any atom is 0.131 e. The summed E-state index contributed by atoms with van der Waals surface area (Å²) >= 11 is 0. The molecule has 4 aromatic rings. The third-order valence-corrected chi connectivity index (χ3v) is 5.57. The number of nitrogen functional groups attached to an aromatic ring is 1. The highest BCUT2D eigenvalue weighted by atomic mass is 16.3. The Bertz CT molecular complexity index is 1170. The highest BCUT2D eigenvalue weighted by Crippen LogP contribution is 2.27. The topological polar surface area (TPSA) is 105 Å². The van der Waals surface area contributed by atoms with Gasteiger partial charge in [-0.15, -0.1) is 0 Å². The van der Waals surface area contributed by atoms with E-state index in [9.17, 15) is 5.11 Å². The summed E-state index contributed by atoms with van der Waals surface area (Å²) in [7, 11) is 0. The van der Waals surface area contributed by atoms with Gasteiger partial charge in [0.2, 0.25) is 0 Å². The maximum absolute atomic E-state index is 9.72. The number of imidazole rings is 1. The Hall–Kier alpha value is -3.65. The molecule has 0 spiro atoms. The van der Waals surface area contributed by atoms with E-state index in [-0.39, 0.29) is 12.6 Å². The van der Waals surface area contributed by atoms with Gasteiger partial charge in [-0.25, -0.2) is 15.0 Å². The molecule has 8 heteroatoms. The van der Waals surface area contributed by atoms with Gasteiger partial charge in [-0.3, -0.25) is 0 Å². The number of aliphatic hydroxyl groups excluding tert-OH is 1. The van der Waals surface area contributed by atoms with Crippen LogP contribution >= 0.6 is 0 Å². The number of benzene rings is 1. The van der Waals surface area contributed by atoms with Gasteiger partial charge < -0.3 is 25.6 Å². The van der Waals surface area contributed by atoms with E-state index in [0.29, 0.717) is 25.5 Å². The zero-order valence-corrected chi connectivity index (χ0v) is 16.4. The molecule has 30 heavy (non-hydrogen) atoms. The lowest BCUT2D eigenvalue weighted by atomic mass is 10.1. The Morgan fingerprint density at radius 3 is 2.83 bits per heavy atom. The van der Waals surface area contributed by atoms with E-state index in [2.05, 4.69) is 31.2 Å². The number of aromatic nitrogens is 4. The molecule has 0 amide bonds. The number of nitrogens with zero attached hydrogens (tertiary/aromatic N) is 5. The Morgan fingerprint density at radius 2 is 2.00 bits per heavy atom. The molecular formula is C22H23N7O. The number of hydrogen-bond donors (Lipinski definition) is 3. The van der Waals surface area contributed by atoms with Crippen LogP contribution in [0.1, 0.15) is 17.4 Å². The number of pyridine rings is 2. The molecule has 0 bridgehead atoms. The minimum atomic E-state index is -0.00678. The van der Waals surface area contributed by atoms with Gasteiger partial charge in [-0.1, -0.05) is 18.2 Å². The zero-order chi connectivity index (χ0) is 20.5. The minimum Gasteiger partial charge on any atom is -0.394 e. The summed E-state index contributed by atoms with van der Waals surface area (Å²) < 4.78 is 2.04. The standard InChI is InChI=1S/C22H23N7O/c23-22-18-2-1-3-19(17(18)6-7-25-22)26-10-15-4-5-20(27-11-15)28-12-16(14-30)29-9-8-24-21(29)13-28/h1-9,11,16,26,30H,10,12-14H2,(H2,23,25). The van der Waals surface area contributed by atoms with Crippen molar-refractivity contribution < 1.29 is 5.11 Å². The largest absolute Gasteiger partial charge is 0.394 e. The molecule has 0 saturated heterocycles. The van der Waals surface area contributed by atoms with Gasteiger partial charge in [0.15, 0.2) is 0 Å². The lowest BCUT2D eigenvalue weighted by Gasteiger charge is -2.34. The van der Waals surface area contributed by atoms with E-state index >= 15 is 0 Å². The quantitative estimate of drug-likeness (QED) is 0.472. The Morgan fingerprint density at radius 1 is 1.07 bits per heavy atom. The Labute approximate surface area is 174 Å². The van der Waals surface area contributed by atoms with E-state index in [0.717, 1.165) is 33.7 Å². The van der Waals surface area contributed by atoms with Crippen molar-refractivity contribution >= 4 is 28.1 Å². The Kier molecular flexibility index (Phi) is 4.68. The fourth-order valence-corrected chi connectivity index (χ4v) is 3.99. The van der Waals surface area contributed by atoms with Crippen LogP contribution in [0.15, 0.2) is 61.2 Å². The van der Waals surface area contributed by atoms with Gasteiger partial charge in [-0.2, -0.15) is 0 Å². The molecule has 8 nitrogen and oxygen atoms in total. The number of hydrogen-bond acceptors (Lipinski definition) is 7. The fraction of sp³-hybridized carbons (Fsp3) is 0.227. The number of anilines is 3. The summed E-state index contributed by atoms with van der Waals surface area (Å²) in [6, 6.07) is 12.0. The summed E-state index contributed by atoms with van der Waals surface area (Å²) in [6.07, 6.45) is 7.31. The van der Waals surface area contributed by atoms with Crippen LogP contribution in [-0.4, -0.2) is 37.8 Å². The second-order valence-corrected chi connectivity index (χ2v) is 7.44. The molecule has 3 aromatic heterocycles. The summed E-state index contributed by atoms with van der Waals surface area (Å²) in [6.45, 7) is 2.11. The molecule has 1 atom stereocenters. The molecule has 1 aliphatic heterocycles. The number of fused-ring (bicyclic) bond motifs is 2. The first-order valence-corrected chi connectivity index (χ1v) is 9.92. The van der Waals surface area contributed by atoms with E-state index < -0.39 is 0 Å². The first kappa shape index (κ1) is 18.4. The van der Waals surface area contributed by atoms with E-state index in [1.165, 1.54) is 0 Å². The molecule has 4 heterocycles. The van der Waals surface area contributed by atoms with Crippen LogP contribution in [0.4, 0.5) is 17.3 Å². The van der Waals surface area contributed by atoms with E-state index in [1.54, 1.807) is 12.4 Å². The number of nitrogens with one attached hydrogen (secondary N) is 1. The summed E-state index contributed by atoms with van der Waals surface area (Å²) in [4.78, 5) is 15.4. The van der Waals surface area contributed by atoms with Crippen LogP contribution in [-0.2, 0) is 13.1 Å². The van der Waals surface area contributed by atoms with Crippen molar-refractivity contribution in [1.29, 1.82) is 0 Å². The molecule has 1 unspecified atom stereocenters. The third kappa shape index (κ3) is 3.31. The van der Waals surface area contributed by atoms with Gasteiger partial charge in [0.25, 0.3) is 0 Å². The molecule has 4 N–H and O–H groups in total. The van der Waals surface area contributed by atoms with Crippen LogP contribution in [0.25, 0.3) is 10.8 Å². The lowest BCUT2D eigenvalue weighted by Crippen LogP contribution is -2.39. The summed E-state index contributed by atoms with van der Waals surface area (Å²) in [5, 5.41) is 15.2. The monoisotopic (exact) mass is 401 g/mol. The molecule has 0 saturated carbocycles. The second-order valence-electron chi connectivity index (χ2n) is 7.44. The normalized spacial score (nSPS) is 15.9. The van der Waals surface area contributed by atoms with Crippen LogP contribution in [0.3, 0.4) is 0 Å². The number of aliphatic hydroxyl groups is 1. The minimum absolute atomic E-state index is 0.00678. The van der Waals surface area contributed by atoms with Crippen molar-refractivity contribution in [2.45, 2.75) is 19.1 Å². The van der Waals surface area contributed by atoms with Gasteiger partial charge in [0, 0.05) is 54.3 Å². The van der Waals surface area contributed by atoms with Gasteiger partial charge in [0.05, 0.1) is 19.2 Å². The smallest absolute Gasteiger partial charge is 0.131 e. The SMILES string of the molecule is Nc1nccc2c(NCc3ccc(N4Cc5nccn5C(CO)C4)nc3)cccc12. The molecule has 0 aliphatic carbocycles.